The van der Waals surface area contributed by atoms with E-state index >= 15 is 0 Å². The molecule has 3 aromatic rings. The zero-order valence-electron chi connectivity index (χ0n) is 13.2. The van der Waals surface area contributed by atoms with Gasteiger partial charge < -0.3 is 4.90 Å². The Labute approximate surface area is 144 Å². The first-order valence-electron chi connectivity index (χ1n) is 8.01. The van der Waals surface area contributed by atoms with Crippen molar-refractivity contribution >= 4 is 22.9 Å². The van der Waals surface area contributed by atoms with Crippen molar-refractivity contribution in [2.24, 2.45) is 0 Å². The highest BCUT2D eigenvalue weighted by Gasteiger charge is 2.24. The first-order chi connectivity index (χ1) is 11.8. The standard InChI is InChI=1S/C19H17N3OS/c23-19(22-10-8-14-5-1-2-7-17(14)22)12-16-13-24-18(21-16)11-15-6-3-4-9-20-15/h1-7,9,13H,8,10-12H2. The summed E-state index contributed by atoms with van der Waals surface area (Å²) in [7, 11) is 0. The van der Waals surface area contributed by atoms with Crippen LogP contribution in [0.2, 0.25) is 0 Å². The average Bonchev–Trinajstić information content (AvgIpc) is 3.22. The quantitative estimate of drug-likeness (QED) is 0.735. The molecule has 1 aromatic carbocycles. The molecule has 4 rings (SSSR count). The van der Waals surface area contributed by atoms with Crippen LogP contribution >= 0.6 is 11.3 Å². The van der Waals surface area contributed by atoms with E-state index in [-0.39, 0.29) is 5.91 Å². The molecular formula is C19H17N3OS. The van der Waals surface area contributed by atoms with E-state index in [0.717, 1.165) is 35.0 Å². The van der Waals surface area contributed by atoms with Crippen molar-refractivity contribution in [1.29, 1.82) is 0 Å². The molecule has 24 heavy (non-hydrogen) atoms. The summed E-state index contributed by atoms with van der Waals surface area (Å²) in [5, 5.41) is 2.98. The SMILES string of the molecule is O=C(Cc1csc(Cc2ccccn2)n1)N1CCc2ccccc21. The maximum absolute atomic E-state index is 12.6. The molecule has 0 spiro atoms. The van der Waals surface area contributed by atoms with E-state index < -0.39 is 0 Å². The summed E-state index contributed by atoms with van der Waals surface area (Å²) in [4.78, 5) is 23.4. The summed E-state index contributed by atoms with van der Waals surface area (Å²) in [6.07, 6.45) is 3.79. The van der Waals surface area contributed by atoms with Crippen molar-refractivity contribution in [2.75, 3.05) is 11.4 Å². The maximum Gasteiger partial charge on any atom is 0.233 e. The first kappa shape index (κ1) is 15.0. The van der Waals surface area contributed by atoms with E-state index in [1.165, 1.54) is 5.56 Å². The van der Waals surface area contributed by atoms with E-state index in [2.05, 4.69) is 16.0 Å². The lowest BCUT2D eigenvalue weighted by Crippen LogP contribution is -2.30. The van der Waals surface area contributed by atoms with Crippen molar-refractivity contribution < 1.29 is 4.79 Å². The van der Waals surface area contributed by atoms with Gasteiger partial charge in [0.1, 0.15) is 0 Å². The maximum atomic E-state index is 12.6. The molecule has 2 aromatic heterocycles. The van der Waals surface area contributed by atoms with Gasteiger partial charge in [-0.05, 0) is 30.2 Å². The Morgan fingerprint density at radius 2 is 2.00 bits per heavy atom. The third kappa shape index (κ3) is 3.08. The van der Waals surface area contributed by atoms with Gasteiger partial charge in [0.25, 0.3) is 0 Å². The number of para-hydroxylation sites is 1. The monoisotopic (exact) mass is 335 g/mol. The Bertz CT molecular complexity index is 860. The molecule has 0 aliphatic carbocycles. The molecule has 120 valence electrons. The van der Waals surface area contributed by atoms with E-state index in [4.69, 9.17) is 0 Å². The second-order valence-corrected chi connectivity index (χ2v) is 6.77. The second-order valence-electron chi connectivity index (χ2n) is 5.83. The van der Waals surface area contributed by atoms with Gasteiger partial charge in [-0.3, -0.25) is 9.78 Å². The molecule has 0 saturated carbocycles. The number of carbonyl (C=O) groups excluding carboxylic acids is 1. The van der Waals surface area contributed by atoms with Crippen LogP contribution in [0.1, 0.15) is 22.0 Å². The minimum atomic E-state index is 0.120. The molecule has 0 radical (unpaired) electrons. The summed E-state index contributed by atoms with van der Waals surface area (Å²) >= 11 is 1.59. The summed E-state index contributed by atoms with van der Waals surface area (Å²) in [5.74, 6) is 0.120. The average molecular weight is 335 g/mol. The zero-order valence-corrected chi connectivity index (χ0v) is 14.0. The fourth-order valence-corrected chi connectivity index (χ4v) is 3.83. The number of benzene rings is 1. The van der Waals surface area contributed by atoms with Gasteiger partial charge in [0, 0.05) is 35.9 Å². The van der Waals surface area contributed by atoms with Crippen LogP contribution in [0.25, 0.3) is 0 Å². The smallest absolute Gasteiger partial charge is 0.233 e. The largest absolute Gasteiger partial charge is 0.311 e. The zero-order chi connectivity index (χ0) is 16.4. The van der Waals surface area contributed by atoms with Gasteiger partial charge in [-0.2, -0.15) is 0 Å². The van der Waals surface area contributed by atoms with Gasteiger partial charge in [0.15, 0.2) is 0 Å². The minimum absolute atomic E-state index is 0.120. The number of pyridine rings is 1. The van der Waals surface area contributed by atoms with Crippen LogP contribution in [0.15, 0.2) is 54.0 Å². The van der Waals surface area contributed by atoms with Crippen LogP contribution in [-0.2, 0) is 24.1 Å². The van der Waals surface area contributed by atoms with Crippen LogP contribution < -0.4 is 4.90 Å². The van der Waals surface area contributed by atoms with Gasteiger partial charge in [-0.1, -0.05) is 24.3 Å². The van der Waals surface area contributed by atoms with Gasteiger partial charge in [0.2, 0.25) is 5.91 Å². The topological polar surface area (TPSA) is 46.1 Å². The first-order valence-corrected chi connectivity index (χ1v) is 8.89. The number of fused-ring (bicyclic) bond motifs is 1. The van der Waals surface area contributed by atoms with Crippen LogP contribution in [0.3, 0.4) is 0 Å². The molecule has 1 aliphatic rings. The molecule has 0 saturated heterocycles. The normalized spacial score (nSPS) is 13.1. The predicted octanol–water partition coefficient (Wildman–Crippen LogP) is 3.26. The predicted molar refractivity (Wildman–Crippen MR) is 95.4 cm³/mol. The summed E-state index contributed by atoms with van der Waals surface area (Å²) in [6, 6.07) is 14.0. The van der Waals surface area contributed by atoms with Gasteiger partial charge >= 0.3 is 0 Å². The molecule has 5 heteroatoms. The van der Waals surface area contributed by atoms with Gasteiger partial charge in [-0.15, -0.1) is 11.3 Å². The van der Waals surface area contributed by atoms with E-state index in [9.17, 15) is 4.79 Å². The van der Waals surface area contributed by atoms with Crippen molar-refractivity contribution in [2.45, 2.75) is 19.3 Å². The van der Waals surface area contributed by atoms with Crippen molar-refractivity contribution in [3.05, 3.63) is 76.0 Å². The second kappa shape index (κ2) is 6.53. The number of anilines is 1. The Morgan fingerprint density at radius 3 is 2.88 bits per heavy atom. The molecular weight excluding hydrogens is 318 g/mol. The number of thiazole rings is 1. The Hall–Kier alpha value is -2.53. The van der Waals surface area contributed by atoms with Crippen molar-refractivity contribution in [3.8, 4) is 0 Å². The highest BCUT2D eigenvalue weighted by atomic mass is 32.1. The Balaban J connectivity index is 1.44. The highest BCUT2D eigenvalue weighted by molar-refractivity contribution is 7.09. The lowest BCUT2D eigenvalue weighted by atomic mass is 10.2. The van der Waals surface area contributed by atoms with Crippen LogP contribution in [-0.4, -0.2) is 22.4 Å². The molecule has 0 N–H and O–H groups in total. The number of hydrogen-bond donors (Lipinski definition) is 0. The number of aromatic nitrogens is 2. The third-order valence-electron chi connectivity index (χ3n) is 4.18. The van der Waals surface area contributed by atoms with Crippen molar-refractivity contribution in [1.82, 2.24) is 9.97 Å². The number of rotatable bonds is 4. The van der Waals surface area contributed by atoms with E-state index in [1.54, 1.807) is 17.5 Å². The molecule has 3 heterocycles. The molecule has 1 amide bonds. The Kier molecular flexibility index (Phi) is 4.09. The number of amides is 1. The molecule has 0 bridgehead atoms. The fraction of sp³-hybridized carbons (Fsp3) is 0.211. The number of hydrogen-bond acceptors (Lipinski definition) is 4. The lowest BCUT2D eigenvalue weighted by molar-refractivity contribution is -0.117. The third-order valence-corrected chi connectivity index (χ3v) is 5.08. The van der Waals surface area contributed by atoms with Crippen LogP contribution in [0, 0.1) is 0 Å². The summed E-state index contributed by atoms with van der Waals surface area (Å²) in [5.41, 5.74) is 4.14. The summed E-state index contributed by atoms with van der Waals surface area (Å²) in [6.45, 7) is 0.767. The Morgan fingerprint density at radius 1 is 1.12 bits per heavy atom. The van der Waals surface area contributed by atoms with Crippen LogP contribution in [0.4, 0.5) is 5.69 Å². The number of carbonyl (C=O) groups is 1. The fourth-order valence-electron chi connectivity index (χ4n) is 3.02. The van der Waals surface area contributed by atoms with E-state index in [1.807, 2.05) is 46.7 Å². The molecule has 4 nitrogen and oxygen atoms in total. The lowest BCUT2D eigenvalue weighted by Gasteiger charge is -2.16. The van der Waals surface area contributed by atoms with Crippen LogP contribution in [0.5, 0.6) is 0 Å². The molecule has 0 fully saturated rings. The van der Waals surface area contributed by atoms with Gasteiger partial charge in [-0.25, -0.2) is 4.98 Å². The number of nitrogens with zero attached hydrogens (tertiary/aromatic N) is 3. The minimum Gasteiger partial charge on any atom is -0.311 e. The van der Waals surface area contributed by atoms with Gasteiger partial charge in [0.05, 0.1) is 17.1 Å². The highest BCUT2D eigenvalue weighted by Crippen LogP contribution is 2.28. The van der Waals surface area contributed by atoms with E-state index in [0.29, 0.717) is 12.8 Å². The molecule has 0 unspecified atom stereocenters. The molecule has 1 aliphatic heterocycles. The molecule has 0 atom stereocenters. The summed E-state index contributed by atoms with van der Waals surface area (Å²) < 4.78 is 0. The van der Waals surface area contributed by atoms with Crippen molar-refractivity contribution in [3.63, 3.8) is 0 Å².